The Morgan fingerprint density at radius 3 is 2.31 bits per heavy atom. The molecule has 1 N–H and O–H groups in total. The average Bonchev–Trinajstić information content (AvgIpc) is 2.66. The van der Waals surface area contributed by atoms with Crippen molar-refractivity contribution in [3.8, 4) is 6.07 Å². The minimum absolute atomic E-state index is 0.223. The molecular weight excluding hydrogens is 322 g/mol. The lowest BCUT2D eigenvalue weighted by Gasteiger charge is -2.33. The van der Waals surface area contributed by atoms with E-state index in [1.165, 1.54) is 0 Å². The van der Waals surface area contributed by atoms with Gasteiger partial charge in [0.15, 0.2) is 5.41 Å². The summed E-state index contributed by atoms with van der Waals surface area (Å²) < 4.78 is 0. The Labute approximate surface area is 153 Å². The largest absolute Gasteiger partial charge is 0.480 e. The maximum Gasteiger partial charge on any atom is 0.325 e. The molecule has 0 fully saturated rings. The van der Waals surface area contributed by atoms with Crippen LogP contribution in [0.25, 0.3) is 10.8 Å². The average molecular weight is 343 g/mol. The van der Waals surface area contributed by atoms with E-state index in [-0.39, 0.29) is 6.42 Å². The third-order valence-electron chi connectivity index (χ3n) is 5.27. The first-order chi connectivity index (χ1) is 12.5. The molecule has 3 aromatic carbocycles. The van der Waals surface area contributed by atoms with Crippen molar-refractivity contribution in [3.63, 3.8) is 0 Å². The highest BCUT2D eigenvalue weighted by Gasteiger charge is 2.47. The van der Waals surface area contributed by atoms with Gasteiger partial charge < -0.3 is 5.11 Å². The van der Waals surface area contributed by atoms with Gasteiger partial charge in [0, 0.05) is 5.92 Å². The second-order valence-corrected chi connectivity index (χ2v) is 6.60. The van der Waals surface area contributed by atoms with Crippen molar-refractivity contribution in [2.75, 3.05) is 0 Å². The molecule has 0 aliphatic heterocycles. The minimum Gasteiger partial charge on any atom is -0.480 e. The zero-order chi connectivity index (χ0) is 18.7. The highest BCUT2D eigenvalue weighted by Crippen LogP contribution is 2.46. The molecule has 0 aromatic heterocycles. The Kier molecular flexibility index (Phi) is 4.77. The number of aryl methyl sites for hydroxylation is 1. The van der Waals surface area contributed by atoms with Gasteiger partial charge in [0.2, 0.25) is 0 Å². The van der Waals surface area contributed by atoms with Crippen LogP contribution in [-0.4, -0.2) is 11.1 Å². The molecule has 0 spiro atoms. The van der Waals surface area contributed by atoms with Crippen LogP contribution >= 0.6 is 0 Å². The fourth-order valence-corrected chi connectivity index (χ4v) is 3.78. The number of nitrogens with zero attached hydrogens (tertiary/aromatic N) is 1. The molecule has 130 valence electrons. The molecule has 0 aliphatic carbocycles. The lowest BCUT2D eigenvalue weighted by molar-refractivity contribution is -0.146. The van der Waals surface area contributed by atoms with Crippen LogP contribution < -0.4 is 0 Å². The highest BCUT2D eigenvalue weighted by molar-refractivity contribution is 5.89. The Bertz CT molecular complexity index is 997. The van der Waals surface area contributed by atoms with E-state index < -0.39 is 17.3 Å². The predicted octanol–water partition coefficient (Wildman–Crippen LogP) is 5.28. The molecule has 0 saturated carbocycles. The first-order valence-electron chi connectivity index (χ1n) is 8.73. The van der Waals surface area contributed by atoms with E-state index in [1.54, 1.807) is 6.92 Å². The van der Waals surface area contributed by atoms with Crippen molar-refractivity contribution < 1.29 is 9.90 Å². The topological polar surface area (TPSA) is 61.1 Å². The molecule has 3 rings (SSSR count). The van der Waals surface area contributed by atoms with Crippen LogP contribution in [0.15, 0.2) is 66.7 Å². The van der Waals surface area contributed by atoms with E-state index >= 15 is 0 Å². The van der Waals surface area contributed by atoms with E-state index in [2.05, 4.69) is 6.07 Å². The van der Waals surface area contributed by atoms with Gasteiger partial charge in [-0.2, -0.15) is 5.26 Å². The smallest absolute Gasteiger partial charge is 0.325 e. The molecule has 0 aliphatic rings. The molecule has 3 heteroatoms. The lowest BCUT2D eigenvalue weighted by Crippen LogP contribution is -2.36. The molecular formula is C23H21NO2. The molecule has 26 heavy (non-hydrogen) atoms. The standard InChI is InChI=1S/C23H21NO2/c1-3-23(15-24,22(25)26)21(18-12-6-4-9-16(18)2)20-14-8-11-17-10-5-7-13-19(17)20/h4-14,21H,3H2,1-2H3,(H,25,26). The van der Waals surface area contributed by atoms with E-state index in [9.17, 15) is 15.2 Å². The predicted molar refractivity (Wildman–Crippen MR) is 103 cm³/mol. The van der Waals surface area contributed by atoms with Gasteiger partial charge in [-0.15, -0.1) is 0 Å². The summed E-state index contributed by atoms with van der Waals surface area (Å²) >= 11 is 0. The van der Waals surface area contributed by atoms with Gasteiger partial charge in [-0.25, -0.2) is 0 Å². The third kappa shape index (κ3) is 2.74. The molecule has 0 radical (unpaired) electrons. The molecule has 3 nitrogen and oxygen atoms in total. The monoisotopic (exact) mass is 343 g/mol. The number of aliphatic carboxylic acids is 1. The number of rotatable bonds is 5. The van der Waals surface area contributed by atoms with Crippen LogP contribution in [0, 0.1) is 23.7 Å². The Morgan fingerprint density at radius 2 is 1.65 bits per heavy atom. The van der Waals surface area contributed by atoms with Crippen molar-refractivity contribution in [1.82, 2.24) is 0 Å². The molecule has 0 heterocycles. The molecule has 0 saturated heterocycles. The number of carboxylic acid groups (broad SMARTS) is 1. The SMILES string of the molecule is CCC(C#N)(C(=O)O)C(c1ccccc1C)c1cccc2ccccc12. The van der Waals surface area contributed by atoms with Gasteiger partial charge in [-0.05, 0) is 40.8 Å². The van der Waals surface area contributed by atoms with E-state index in [4.69, 9.17) is 0 Å². The zero-order valence-corrected chi connectivity index (χ0v) is 14.9. The summed E-state index contributed by atoms with van der Waals surface area (Å²) in [5.74, 6) is -1.63. The second kappa shape index (κ2) is 7.01. The van der Waals surface area contributed by atoms with E-state index in [0.717, 1.165) is 27.5 Å². The summed E-state index contributed by atoms with van der Waals surface area (Å²) in [5.41, 5.74) is 1.22. The third-order valence-corrected chi connectivity index (χ3v) is 5.27. The molecule has 0 bridgehead atoms. The maximum absolute atomic E-state index is 12.3. The zero-order valence-electron chi connectivity index (χ0n) is 14.9. The molecule has 2 atom stereocenters. The summed E-state index contributed by atoms with van der Waals surface area (Å²) in [6, 6.07) is 23.7. The Balaban J connectivity index is 2.41. The number of hydrogen-bond donors (Lipinski definition) is 1. The van der Waals surface area contributed by atoms with Crippen LogP contribution in [0.3, 0.4) is 0 Å². The number of carbonyl (C=O) groups is 1. The van der Waals surface area contributed by atoms with Crippen molar-refractivity contribution in [1.29, 1.82) is 5.26 Å². The van der Waals surface area contributed by atoms with Crippen molar-refractivity contribution >= 4 is 16.7 Å². The first kappa shape index (κ1) is 17.7. The van der Waals surface area contributed by atoms with Crippen molar-refractivity contribution in [2.24, 2.45) is 5.41 Å². The number of carboxylic acids is 1. The molecule has 2 unspecified atom stereocenters. The first-order valence-corrected chi connectivity index (χ1v) is 8.73. The molecule has 0 amide bonds. The summed E-state index contributed by atoms with van der Waals surface area (Å²) in [6.45, 7) is 3.74. The fraction of sp³-hybridized carbons (Fsp3) is 0.217. The quantitative estimate of drug-likeness (QED) is 0.685. The van der Waals surface area contributed by atoms with Gasteiger partial charge >= 0.3 is 5.97 Å². The van der Waals surface area contributed by atoms with Crippen molar-refractivity contribution in [3.05, 3.63) is 83.4 Å². The Morgan fingerprint density at radius 1 is 1.04 bits per heavy atom. The van der Waals surface area contributed by atoms with Gasteiger partial charge in [0.1, 0.15) is 0 Å². The number of fused-ring (bicyclic) bond motifs is 1. The number of benzene rings is 3. The number of hydrogen-bond acceptors (Lipinski definition) is 2. The van der Waals surface area contributed by atoms with Gasteiger partial charge in [0.25, 0.3) is 0 Å². The van der Waals surface area contributed by atoms with Crippen LogP contribution in [-0.2, 0) is 4.79 Å². The fourth-order valence-electron chi connectivity index (χ4n) is 3.78. The van der Waals surface area contributed by atoms with Gasteiger partial charge in [0.05, 0.1) is 6.07 Å². The summed E-state index contributed by atoms with van der Waals surface area (Å²) in [4.78, 5) is 12.3. The van der Waals surface area contributed by atoms with Gasteiger partial charge in [-0.3, -0.25) is 4.79 Å². The van der Waals surface area contributed by atoms with Crippen LogP contribution in [0.5, 0.6) is 0 Å². The lowest BCUT2D eigenvalue weighted by atomic mass is 9.66. The maximum atomic E-state index is 12.3. The summed E-state index contributed by atoms with van der Waals surface area (Å²) in [5, 5.41) is 22.1. The highest BCUT2D eigenvalue weighted by atomic mass is 16.4. The van der Waals surface area contributed by atoms with Crippen molar-refractivity contribution in [2.45, 2.75) is 26.2 Å². The van der Waals surface area contributed by atoms with Gasteiger partial charge in [-0.1, -0.05) is 73.7 Å². The minimum atomic E-state index is -1.53. The summed E-state index contributed by atoms with van der Waals surface area (Å²) in [7, 11) is 0. The number of nitriles is 1. The Hall–Kier alpha value is -3.12. The van der Waals surface area contributed by atoms with E-state index in [0.29, 0.717) is 0 Å². The molecule has 3 aromatic rings. The van der Waals surface area contributed by atoms with E-state index in [1.807, 2.05) is 73.7 Å². The van der Waals surface area contributed by atoms with Crippen LogP contribution in [0.1, 0.15) is 36.0 Å². The summed E-state index contributed by atoms with van der Waals surface area (Å²) in [6.07, 6.45) is 0.223. The second-order valence-electron chi connectivity index (χ2n) is 6.60. The normalized spacial score (nSPS) is 14.3. The van der Waals surface area contributed by atoms with Crippen LogP contribution in [0.4, 0.5) is 0 Å². The van der Waals surface area contributed by atoms with Crippen LogP contribution in [0.2, 0.25) is 0 Å².